The van der Waals surface area contributed by atoms with Crippen LogP contribution in [0.5, 0.6) is 0 Å². The lowest BCUT2D eigenvalue weighted by Gasteiger charge is -2.19. The van der Waals surface area contributed by atoms with Gasteiger partial charge in [0.15, 0.2) is 5.82 Å². The summed E-state index contributed by atoms with van der Waals surface area (Å²) >= 11 is 1.65. The van der Waals surface area contributed by atoms with Gasteiger partial charge in [0, 0.05) is 6.42 Å². The first-order chi connectivity index (χ1) is 11.8. The van der Waals surface area contributed by atoms with Gasteiger partial charge in [-0.2, -0.15) is 0 Å². The van der Waals surface area contributed by atoms with Crippen LogP contribution in [-0.2, 0) is 6.42 Å². The van der Waals surface area contributed by atoms with E-state index in [0.717, 1.165) is 34.7 Å². The lowest BCUT2D eigenvalue weighted by atomic mass is 10.1. The molecule has 6 heteroatoms. The molecule has 0 saturated heterocycles. The molecule has 2 heterocycles. The van der Waals surface area contributed by atoms with Crippen LogP contribution in [0, 0.1) is 6.92 Å². The number of fused-ring (bicyclic) bond motifs is 1. The molecule has 2 aromatic carbocycles. The van der Waals surface area contributed by atoms with E-state index in [1.165, 1.54) is 11.1 Å². The third-order valence-corrected chi connectivity index (χ3v) is 4.72. The van der Waals surface area contributed by atoms with E-state index in [-0.39, 0.29) is 0 Å². The van der Waals surface area contributed by atoms with E-state index in [1.54, 1.807) is 11.8 Å². The van der Waals surface area contributed by atoms with Crippen molar-refractivity contribution in [3.63, 3.8) is 0 Å². The Morgan fingerprint density at radius 2 is 1.88 bits per heavy atom. The molecule has 0 saturated carbocycles. The van der Waals surface area contributed by atoms with E-state index < -0.39 is 0 Å². The molecule has 0 atom stereocenters. The van der Waals surface area contributed by atoms with Crippen molar-refractivity contribution in [3.05, 3.63) is 71.5 Å². The van der Waals surface area contributed by atoms with Gasteiger partial charge in [-0.15, -0.1) is 10.2 Å². The van der Waals surface area contributed by atoms with Crippen molar-refractivity contribution in [2.45, 2.75) is 18.5 Å². The highest BCUT2D eigenvalue weighted by Gasteiger charge is 2.20. The quantitative estimate of drug-likeness (QED) is 0.795. The molecule has 0 fully saturated rings. The van der Waals surface area contributed by atoms with Crippen molar-refractivity contribution in [1.82, 2.24) is 14.9 Å². The summed E-state index contributed by atoms with van der Waals surface area (Å²) < 4.78 is 1.94. The number of nitrogens with zero attached hydrogens (tertiary/aromatic N) is 4. The summed E-state index contributed by atoms with van der Waals surface area (Å²) in [4.78, 5) is 4.69. The Morgan fingerprint density at radius 3 is 2.67 bits per heavy atom. The van der Waals surface area contributed by atoms with Gasteiger partial charge in [-0.05, 0) is 24.6 Å². The first kappa shape index (κ1) is 15.0. The monoisotopic (exact) mass is 335 g/mol. The van der Waals surface area contributed by atoms with Gasteiger partial charge in [0.25, 0.3) is 0 Å². The SMILES string of the molecule is Cc1ccc(N=C2CSc3nnc(Cc4ccccc4)n3N2)cc1. The van der Waals surface area contributed by atoms with E-state index in [1.807, 2.05) is 35.0 Å². The van der Waals surface area contributed by atoms with Gasteiger partial charge in [-0.3, -0.25) is 5.43 Å². The Bertz CT molecular complexity index is 868. The standard InChI is InChI=1S/C18H17N5S/c1-13-7-9-15(10-8-13)19-16-12-24-18-21-20-17(23(18)22-16)11-14-5-3-2-4-6-14/h2-10H,11-12H2,1H3,(H,19,22). The molecule has 0 bridgehead atoms. The van der Waals surface area contributed by atoms with Crippen molar-refractivity contribution in [3.8, 4) is 0 Å². The van der Waals surface area contributed by atoms with Crippen LogP contribution in [0.3, 0.4) is 0 Å². The minimum absolute atomic E-state index is 0.735. The molecule has 0 radical (unpaired) electrons. The smallest absolute Gasteiger partial charge is 0.210 e. The molecule has 0 amide bonds. The van der Waals surface area contributed by atoms with Crippen LogP contribution in [0.1, 0.15) is 17.0 Å². The fraction of sp³-hybridized carbons (Fsp3) is 0.167. The van der Waals surface area contributed by atoms with E-state index in [2.05, 4.69) is 46.8 Å². The van der Waals surface area contributed by atoms with Gasteiger partial charge in [-0.25, -0.2) is 9.67 Å². The van der Waals surface area contributed by atoms with Gasteiger partial charge >= 0.3 is 0 Å². The van der Waals surface area contributed by atoms with Crippen molar-refractivity contribution < 1.29 is 0 Å². The van der Waals surface area contributed by atoms with Crippen molar-refractivity contribution in [2.24, 2.45) is 4.99 Å². The first-order valence-corrected chi connectivity index (χ1v) is 8.79. The molecule has 3 aromatic rings. The third-order valence-electron chi connectivity index (χ3n) is 3.78. The highest BCUT2D eigenvalue weighted by molar-refractivity contribution is 7.99. The average molecular weight is 335 g/mol. The van der Waals surface area contributed by atoms with Gasteiger partial charge < -0.3 is 0 Å². The van der Waals surface area contributed by atoms with E-state index in [0.29, 0.717) is 0 Å². The predicted molar refractivity (Wildman–Crippen MR) is 97.6 cm³/mol. The molecule has 1 N–H and O–H groups in total. The number of amidine groups is 1. The lowest BCUT2D eigenvalue weighted by Crippen LogP contribution is -2.31. The molecule has 1 aromatic heterocycles. The topological polar surface area (TPSA) is 55.1 Å². The number of rotatable bonds is 3. The Kier molecular flexibility index (Phi) is 4.04. The number of aryl methyl sites for hydroxylation is 1. The average Bonchev–Trinajstić information content (AvgIpc) is 3.00. The zero-order valence-electron chi connectivity index (χ0n) is 13.3. The Morgan fingerprint density at radius 1 is 1.08 bits per heavy atom. The van der Waals surface area contributed by atoms with Crippen LogP contribution in [-0.4, -0.2) is 26.5 Å². The number of hydrogen-bond donors (Lipinski definition) is 1. The number of hydrogen-bond acceptors (Lipinski definition) is 4. The number of aliphatic imine (C=N–C) groups is 1. The van der Waals surface area contributed by atoms with Gasteiger partial charge in [0.2, 0.25) is 5.16 Å². The van der Waals surface area contributed by atoms with Crippen LogP contribution in [0.4, 0.5) is 5.69 Å². The molecule has 1 aliphatic rings. The van der Waals surface area contributed by atoms with E-state index >= 15 is 0 Å². The zero-order chi connectivity index (χ0) is 16.4. The highest BCUT2D eigenvalue weighted by atomic mass is 32.2. The Balaban J connectivity index is 1.58. The molecular weight excluding hydrogens is 318 g/mol. The Labute approximate surface area is 144 Å². The van der Waals surface area contributed by atoms with E-state index in [9.17, 15) is 0 Å². The number of nitrogens with one attached hydrogen (secondary N) is 1. The molecule has 4 rings (SSSR count). The molecular formula is C18H17N5S. The normalized spacial score (nSPS) is 15.1. The second kappa shape index (κ2) is 6.49. The number of benzene rings is 2. The summed E-state index contributed by atoms with van der Waals surface area (Å²) in [6.45, 7) is 2.07. The van der Waals surface area contributed by atoms with Crippen LogP contribution >= 0.6 is 11.8 Å². The summed E-state index contributed by atoms with van der Waals surface area (Å²) in [5.41, 5.74) is 6.74. The van der Waals surface area contributed by atoms with Crippen LogP contribution < -0.4 is 5.43 Å². The minimum Gasteiger partial charge on any atom is -0.277 e. The third kappa shape index (κ3) is 3.19. The van der Waals surface area contributed by atoms with Crippen molar-refractivity contribution in [1.29, 1.82) is 0 Å². The zero-order valence-corrected chi connectivity index (χ0v) is 14.1. The minimum atomic E-state index is 0.735. The fourth-order valence-electron chi connectivity index (χ4n) is 2.53. The van der Waals surface area contributed by atoms with Crippen LogP contribution in [0.15, 0.2) is 64.7 Å². The predicted octanol–water partition coefficient (Wildman–Crippen LogP) is 3.56. The second-order valence-electron chi connectivity index (χ2n) is 5.69. The first-order valence-electron chi connectivity index (χ1n) is 7.80. The summed E-state index contributed by atoms with van der Waals surface area (Å²) in [6, 6.07) is 18.5. The molecule has 5 nitrogen and oxygen atoms in total. The maximum absolute atomic E-state index is 4.69. The van der Waals surface area contributed by atoms with E-state index in [4.69, 9.17) is 4.99 Å². The second-order valence-corrected chi connectivity index (χ2v) is 6.63. The summed E-state index contributed by atoms with van der Waals surface area (Å²) in [5.74, 6) is 2.56. The van der Waals surface area contributed by atoms with Crippen LogP contribution in [0.2, 0.25) is 0 Å². The summed E-state index contributed by atoms with van der Waals surface area (Å²) in [6.07, 6.45) is 0.735. The van der Waals surface area contributed by atoms with Crippen molar-refractivity contribution >= 4 is 23.3 Å². The van der Waals surface area contributed by atoms with Gasteiger partial charge in [0.1, 0.15) is 5.84 Å². The maximum Gasteiger partial charge on any atom is 0.210 e. The lowest BCUT2D eigenvalue weighted by molar-refractivity contribution is 0.783. The molecule has 24 heavy (non-hydrogen) atoms. The fourth-order valence-corrected chi connectivity index (χ4v) is 3.30. The summed E-state index contributed by atoms with van der Waals surface area (Å²) in [5, 5.41) is 9.46. The molecule has 0 aliphatic carbocycles. The largest absolute Gasteiger partial charge is 0.277 e. The molecule has 0 spiro atoms. The molecule has 1 aliphatic heterocycles. The maximum atomic E-state index is 4.69. The molecule has 120 valence electrons. The van der Waals surface area contributed by atoms with Crippen molar-refractivity contribution in [2.75, 3.05) is 11.2 Å². The highest BCUT2D eigenvalue weighted by Crippen LogP contribution is 2.23. The Hall–Kier alpha value is -2.60. The van der Waals surface area contributed by atoms with Gasteiger partial charge in [-0.1, -0.05) is 59.8 Å². The number of aromatic nitrogens is 3. The molecule has 0 unspecified atom stereocenters. The summed E-state index contributed by atoms with van der Waals surface area (Å²) in [7, 11) is 0. The van der Waals surface area contributed by atoms with Crippen LogP contribution in [0.25, 0.3) is 0 Å². The number of thioether (sulfide) groups is 1. The van der Waals surface area contributed by atoms with Gasteiger partial charge in [0.05, 0.1) is 11.4 Å².